The third-order valence-electron chi connectivity index (χ3n) is 2.05. The van der Waals surface area contributed by atoms with Crippen molar-refractivity contribution in [2.75, 3.05) is 0 Å². The number of rotatable bonds is 1. The summed E-state index contributed by atoms with van der Waals surface area (Å²) in [6.07, 6.45) is 4.18. The smallest absolute Gasteiger partial charge is 0.349 e. The summed E-state index contributed by atoms with van der Waals surface area (Å²) in [5.74, 6) is -2.73. The Hall–Kier alpha value is -2.57. The Morgan fingerprint density at radius 1 is 1.35 bits per heavy atom. The quantitative estimate of drug-likeness (QED) is 0.454. The second-order valence-corrected chi connectivity index (χ2v) is 3.24. The number of hydrogen-bond donors (Lipinski definition) is 2. The summed E-state index contributed by atoms with van der Waals surface area (Å²) in [6.45, 7) is 0. The van der Waals surface area contributed by atoms with Gasteiger partial charge in [0, 0.05) is 18.7 Å². The molecule has 2 aliphatic heterocycles. The molecule has 7 nitrogen and oxygen atoms in total. The monoisotopic (exact) mass is 236 g/mol. The molecule has 7 heteroatoms. The average Bonchev–Trinajstić information content (AvgIpc) is 2.26. The van der Waals surface area contributed by atoms with Gasteiger partial charge in [0.05, 0.1) is 0 Å². The molecule has 2 aliphatic rings. The fourth-order valence-corrected chi connectivity index (χ4v) is 1.29. The van der Waals surface area contributed by atoms with Crippen LogP contribution in [0.25, 0.3) is 0 Å². The molecule has 3 N–H and O–H groups in total. The minimum atomic E-state index is -1.05. The van der Waals surface area contributed by atoms with Crippen molar-refractivity contribution in [1.82, 2.24) is 5.32 Å². The standard InChI is InChI=1S/C10H8N2O5/c11-8(14)5-4-7(13)17-9-6(16-10(5)15)2-1-3-12-9/h1,3-4,12H,2H2,(H2,11,14)/b5-4-. The van der Waals surface area contributed by atoms with E-state index in [4.69, 9.17) is 15.2 Å². The van der Waals surface area contributed by atoms with Gasteiger partial charge in [0.15, 0.2) is 5.76 Å². The van der Waals surface area contributed by atoms with Crippen LogP contribution in [-0.2, 0) is 23.9 Å². The van der Waals surface area contributed by atoms with Crippen molar-refractivity contribution in [3.8, 4) is 0 Å². The third-order valence-corrected chi connectivity index (χ3v) is 2.05. The highest BCUT2D eigenvalue weighted by Gasteiger charge is 2.27. The Balaban J connectivity index is 2.34. The number of dihydropyridines is 1. The molecule has 0 fully saturated rings. The number of carbonyl (C=O) groups is 3. The molecule has 17 heavy (non-hydrogen) atoms. The number of amides is 1. The first-order valence-corrected chi connectivity index (χ1v) is 4.68. The first-order valence-electron chi connectivity index (χ1n) is 4.68. The lowest BCUT2D eigenvalue weighted by molar-refractivity contribution is -0.142. The van der Waals surface area contributed by atoms with Gasteiger partial charge in [0.1, 0.15) is 5.57 Å². The molecule has 1 amide bonds. The Kier molecular flexibility index (Phi) is 2.65. The van der Waals surface area contributed by atoms with E-state index in [1.54, 1.807) is 12.3 Å². The molecule has 2 rings (SSSR count). The van der Waals surface area contributed by atoms with Crippen LogP contribution < -0.4 is 11.1 Å². The molecule has 0 saturated heterocycles. The predicted molar refractivity (Wildman–Crippen MR) is 53.4 cm³/mol. The van der Waals surface area contributed by atoms with E-state index in [9.17, 15) is 14.4 Å². The van der Waals surface area contributed by atoms with E-state index >= 15 is 0 Å². The van der Waals surface area contributed by atoms with Crippen molar-refractivity contribution in [2.24, 2.45) is 5.73 Å². The van der Waals surface area contributed by atoms with Crippen LogP contribution in [0.2, 0.25) is 0 Å². The molecule has 0 atom stereocenters. The number of allylic oxidation sites excluding steroid dienone is 1. The van der Waals surface area contributed by atoms with Crippen LogP contribution in [0.4, 0.5) is 0 Å². The van der Waals surface area contributed by atoms with Crippen LogP contribution in [0.5, 0.6) is 0 Å². The van der Waals surface area contributed by atoms with Crippen molar-refractivity contribution in [1.29, 1.82) is 0 Å². The van der Waals surface area contributed by atoms with Gasteiger partial charge in [-0.05, 0) is 0 Å². The van der Waals surface area contributed by atoms with E-state index < -0.39 is 23.4 Å². The number of carbonyl (C=O) groups excluding carboxylic acids is 3. The Bertz CT molecular complexity index is 501. The molecule has 88 valence electrons. The summed E-state index contributed by atoms with van der Waals surface area (Å²) in [5, 5.41) is 2.62. The van der Waals surface area contributed by atoms with Crippen molar-refractivity contribution >= 4 is 17.8 Å². The van der Waals surface area contributed by atoms with Crippen molar-refractivity contribution < 1.29 is 23.9 Å². The van der Waals surface area contributed by atoms with Gasteiger partial charge in [-0.2, -0.15) is 0 Å². The van der Waals surface area contributed by atoms with Gasteiger partial charge >= 0.3 is 11.9 Å². The molecule has 0 bridgehead atoms. The molecular weight excluding hydrogens is 228 g/mol. The lowest BCUT2D eigenvalue weighted by Gasteiger charge is -2.18. The van der Waals surface area contributed by atoms with E-state index in [1.807, 2.05) is 0 Å². The number of nitrogens with two attached hydrogens (primary N) is 1. The van der Waals surface area contributed by atoms with Gasteiger partial charge in [-0.15, -0.1) is 0 Å². The Morgan fingerprint density at radius 3 is 2.82 bits per heavy atom. The molecule has 0 aliphatic carbocycles. The third kappa shape index (κ3) is 2.17. The minimum Gasteiger partial charge on any atom is -0.421 e. The summed E-state index contributed by atoms with van der Waals surface area (Å²) in [6, 6.07) is 0. The van der Waals surface area contributed by atoms with Gasteiger partial charge in [-0.25, -0.2) is 9.59 Å². The van der Waals surface area contributed by atoms with E-state index in [2.05, 4.69) is 5.32 Å². The zero-order valence-electron chi connectivity index (χ0n) is 8.56. The van der Waals surface area contributed by atoms with Gasteiger partial charge in [0.25, 0.3) is 5.91 Å². The Morgan fingerprint density at radius 2 is 2.12 bits per heavy atom. The average molecular weight is 236 g/mol. The van der Waals surface area contributed by atoms with E-state index in [-0.39, 0.29) is 18.1 Å². The van der Waals surface area contributed by atoms with Crippen LogP contribution in [0.1, 0.15) is 6.42 Å². The molecule has 0 radical (unpaired) electrons. The van der Waals surface area contributed by atoms with Crippen LogP contribution in [0.15, 0.2) is 35.6 Å². The first-order chi connectivity index (χ1) is 8.08. The van der Waals surface area contributed by atoms with Crippen LogP contribution in [0.3, 0.4) is 0 Å². The largest absolute Gasteiger partial charge is 0.421 e. The highest BCUT2D eigenvalue weighted by atomic mass is 16.6. The van der Waals surface area contributed by atoms with Crippen molar-refractivity contribution in [3.63, 3.8) is 0 Å². The normalized spacial score (nSPS) is 22.2. The SMILES string of the molecule is NC(=O)/C1=C/C(=O)OC2=C(CC=CN2)OC1=O. The molecular formula is C10H8N2O5. The van der Waals surface area contributed by atoms with Gasteiger partial charge < -0.3 is 20.5 Å². The van der Waals surface area contributed by atoms with Crippen molar-refractivity contribution in [3.05, 3.63) is 35.6 Å². The molecule has 0 aromatic rings. The number of primary amides is 1. The number of ether oxygens (including phenoxy) is 2. The summed E-state index contributed by atoms with van der Waals surface area (Å²) < 4.78 is 9.74. The fraction of sp³-hybridized carbons (Fsp3) is 0.100. The number of nitrogens with one attached hydrogen (secondary N) is 1. The summed E-state index contributed by atoms with van der Waals surface area (Å²) in [7, 11) is 0. The summed E-state index contributed by atoms with van der Waals surface area (Å²) in [5.41, 5.74) is 4.40. The van der Waals surface area contributed by atoms with Crippen LogP contribution in [-0.4, -0.2) is 17.8 Å². The molecule has 0 spiro atoms. The maximum Gasteiger partial charge on any atom is 0.349 e. The zero-order chi connectivity index (χ0) is 12.4. The highest BCUT2D eigenvalue weighted by Crippen LogP contribution is 2.19. The van der Waals surface area contributed by atoms with Crippen LogP contribution >= 0.6 is 0 Å². The summed E-state index contributed by atoms with van der Waals surface area (Å²) >= 11 is 0. The Labute approximate surface area is 95.5 Å². The second kappa shape index (κ2) is 4.12. The lowest BCUT2D eigenvalue weighted by Crippen LogP contribution is -2.28. The maximum atomic E-state index is 11.5. The summed E-state index contributed by atoms with van der Waals surface area (Å²) in [4.78, 5) is 33.8. The molecule has 0 aromatic carbocycles. The van der Waals surface area contributed by atoms with Gasteiger partial charge in [-0.3, -0.25) is 4.79 Å². The second-order valence-electron chi connectivity index (χ2n) is 3.24. The molecule has 0 saturated carbocycles. The van der Waals surface area contributed by atoms with E-state index in [0.717, 1.165) is 0 Å². The van der Waals surface area contributed by atoms with Gasteiger partial charge in [0.2, 0.25) is 5.88 Å². The number of esters is 2. The molecule has 2 heterocycles. The minimum absolute atomic E-state index is 0.0330. The maximum absolute atomic E-state index is 11.5. The highest BCUT2D eigenvalue weighted by molar-refractivity contribution is 6.19. The lowest BCUT2D eigenvalue weighted by atomic mass is 10.2. The van der Waals surface area contributed by atoms with Gasteiger partial charge in [-0.1, -0.05) is 6.08 Å². The topological polar surface area (TPSA) is 108 Å². The van der Waals surface area contributed by atoms with Crippen LogP contribution in [0, 0.1) is 0 Å². The predicted octanol–water partition coefficient (Wildman–Crippen LogP) is -0.826. The number of hydrogen-bond acceptors (Lipinski definition) is 6. The van der Waals surface area contributed by atoms with Crippen molar-refractivity contribution in [2.45, 2.75) is 6.42 Å². The zero-order valence-corrected chi connectivity index (χ0v) is 8.56. The fourth-order valence-electron chi connectivity index (χ4n) is 1.29. The molecule has 0 unspecified atom stereocenters. The van der Waals surface area contributed by atoms with E-state index in [0.29, 0.717) is 6.08 Å². The first kappa shape index (κ1) is 10.9. The molecule has 0 aromatic heterocycles. The van der Waals surface area contributed by atoms with E-state index in [1.165, 1.54) is 0 Å².